The first-order valence-corrected chi connectivity index (χ1v) is 8.61. The van der Waals surface area contributed by atoms with E-state index in [4.69, 9.17) is 9.47 Å². The van der Waals surface area contributed by atoms with Crippen LogP contribution in [0.25, 0.3) is 10.9 Å². The third-order valence-corrected chi connectivity index (χ3v) is 4.11. The van der Waals surface area contributed by atoms with Gasteiger partial charge >= 0.3 is 0 Å². The van der Waals surface area contributed by atoms with Gasteiger partial charge in [0.15, 0.2) is 0 Å². The van der Waals surface area contributed by atoms with E-state index < -0.39 is 0 Å². The maximum Gasteiger partial charge on any atom is 0.130 e. The maximum atomic E-state index is 5.86. The first-order chi connectivity index (χ1) is 12.9. The van der Waals surface area contributed by atoms with Crippen molar-refractivity contribution in [2.24, 2.45) is 0 Å². The summed E-state index contributed by atoms with van der Waals surface area (Å²) in [6.45, 7) is 0.987. The Labute approximate surface area is 152 Å². The monoisotopic (exact) mass is 341 g/mol. The van der Waals surface area contributed by atoms with Gasteiger partial charge in [-0.05, 0) is 42.0 Å². The highest BCUT2D eigenvalue weighted by atomic mass is 16.5. The van der Waals surface area contributed by atoms with Crippen LogP contribution in [0.2, 0.25) is 0 Å². The zero-order valence-electron chi connectivity index (χ0n) is 14.3. The van der Waals surface area contributed by atoms with Crippen molar-refractivity contribution in [2.45, 2.75) is 13.2 Å². The third-order valence-electron chi connectivity index (χ3n) is 4.11. The van der Waals surface area contributed by atoms with Crippen molar-refractivity contribution < 1.29 is 9.47 Å². The van der Waals surface area contributed by atoms with E-state index in [-0.39, 0.29) is 0 Å². The lowest BCUT2D eigenvalue weighted by Crippen LogP contribution is -1.99. The number of aromatic nitrogens is 1. The summed E-state index contributed by atoms with van der Waals surface area (Å²) in [7, 11) is 0. The highest BCUT2D eigenvalue weighted by Crippen LogP contribution is 2.17. The second kappa shape index (κ2) is 7.70. The van der Waals surface area contributed by atoms with E-state index in [0.717, 1.165) is 33.7 Å². The van der Waals surface area contributed by atoms with Gasteiger partial charge in [0.25, 0.3) is 0 Å². The van der Waals surface area contributed by atoms with Crippen molar-refractivity contribution in [1.29, 1.82) is 0 Å². The summed E-state index contributed by atoms with van der Waals surface area (Å²) in [5.41, 5.74) is 3.01. The lowest BCUT2D eigenvalue weighted by atomic mass is 10.2. The number of ether oxygens (including phenoxy) is 2. The normalized spacial score (nSPS) is 10.6. The number of hydrogen-bond acceptors (Lipinski definition) is 3. The molecule has 0 radical (unpaired) electrons. The van der Waals surface area contributed by atoms with Gasteiger partial charge in [0.05, 0.1) is 11.2 Å². The molecule has 0 aliphatic carbocycles. The first-order valence-electron chi connectivity index (χ1n) is 8.61. The summed E-state index contributed by atoms with van der Waals surface area (Å²) in [4.78, 5) is 4.63. The van der Waals surface area contributed by atoms with Crippen LogP contribution in [0.15, 0.2) is 91.0 Å². The summed E-state index contributed by atoms with van der Waals surface area (Å²) in [5, 5.41) is 1.14. The smallest absolute Gasteiger partial charge is 0.130 e. The van der Waals surface area contributed by atoms with Crippen molar-refractivity contribution in [1.82, 2.24) is 4.98 Å². The Morgan fingerprint density at radius 1 is 0.577 bits per heavy atom. The van der Waals surface area contributed by atoms with Crippen LogP contribution in [0.5, 0.6) is 11.5 Å². The molecule has 0 amide bonds. The Balaban J connectivity index is 1.34. The Morgan fingerprint density at radius 2 is 1.27 bits per heavy atom. The van der Waals surface area contributed by atoms with Gasteiger partial charge in [0.1, 0.15) is 24.7 Å². The summed E-state index contributed by atoms with van der Waals surface area (Å²) < 4.78 is 11.6. The minimum absolute atomic E-state index is 0.449. The van der Waals surface area contributed by atoms with Crippen molar-refractivity contribution in [2.75, 3.05) is 0 Å². The van der Waals surface area contributed by atoms with Gasteiger partial charge in [-0.15, -0.1) is 0 Å². The van der Waals surface area contributed by atoms with Gasteiger partial charge < -0.3 is 9.47 Å². The molecular formula is C23H19NO2. The second-order valence-corrected chi connectivity index (χ2v) is 6.03. The van der Waals surface area contributed by atoms with E-state index in [2.05, 4.69) is 17.1 Å². The van der Waals surface area contributed by atoms with Gasteiger partial charge in [0.2, 0.25) is 0 Å². The van der Waals surface area contributed by atoms with Crippen molar-refractivity contribution in [3.8, 4) is 11.5 Å². The number of nitrogens with zero attached hydrogens (tertiary/aromatic N) is 1. The molecule has 26 heavy (non-hydrogen) atoms. The van der Waals surface area contributed by atoms with E-state index in [9.17, 15) is 0 Å². The molecule has 0 saturated carbocycles. The minimum atomic E-state index is 0.449. The van der Waals surface area contributed by atoms with E-state index in [1.54, 1.807) is 0 Å². The van der Waals surface area contributed by atoms with Crippen LogP contribution in [0.1, 0.15) is 11.3 Å². The lowest BCUT2D eigenvalue weighted by molar-refractivity contribution is 0.298. The fourth-order valence-electron chi connectivity index (χ4n) is 2.71. The summed E-state index contributed by atoms with van der Waals surface area (Å²) >= 11 is 0. The predicted octanol–water partition coefficient (Wildman–Crippen LogP) is 5.39. The molecule has 0 saturated heterocycles. The molecule has 0 aliphatic rings. The molecule has 128 valence electrons. The Hall–Kier alpha value is -3.33. The molecule has 0 aliphatic heterocycles. The Morgan fingerprint density at radius 3 is 2.12 bits per heavy atom. The number of pyridine rings is 1. The minimum Gasteiger partial charge on any atom is -0.489 e. The van der Waals surface area contributed by atoms with Gasteiger partial charge in [-0.25, -0.2) is 4.98 Å². The molecule has 0 atom stereocenters. The van der Waals surface area contributed by atoms with Crippen molar-refractivity contribution in [3.05, 3.63) is 102 Å². The summed E-state index contributed by atoms with van der Waals surface area (Å²) in [6, 6.07) is 29.9. The van der Waals surface area contributed by atoms with E-state index in [1.807, 2.05) is 78.9 Å². The Bertz CT molecular complexity index is 982. The molecule has 0 N–H and O–H groups in total. The van der Waals surface area contributed by atoms with E-state index in [0.29, 0.717) is 13.2 Å². The van der Waals surface area contributed by atoms with Crippen LogP contribution in [0.3, 0.4) is 0 Å². The van der Waals surface area contributed by atoms with Gasteiger partial charge in [-0.3, -0.25) is 0 Å². The van der Waals surface area contributed by atoms with Crippen molar-refractivity contribution in [3.63, 3.8) is 0 Å². The molecule has 1 aromatic heterocycles. The van der Waals surface area contributed by atoms with Crippen LogP contribution in [-0.2, 0) is 13.2 Å². The fourth-order valence-corrected chi connectivity index (χ4v) is 2.71. The van der Waals surface area contributed by atoms with E-state index in [1.165, 1.54) is 0 Å². The van der Waals surface area contributed by atoms with Gasteiger partial charge in [-0.2, -0.15) is 0 Å². The van der Waals surface area contributed by atoms with Crippen LogP contribution >= 0.6 is 0 Å². The molecule has 4 rings (SSSR count). The average molecular weight is 341 g/mol. The SMILES string of the molecule is c1ccc(OCc2ccc(OCc3ccc4ccccc4n3)cc2)cc1. The zero-order chi connectivity index (χ0) is 17.6. The molecule has 4 aromatic rings. The third kappa shape index (κ3) is 4.01. The molecular weight excluding hydrogens is 322 g/mol. The van der Waals surface area contributed by atoms with Crippen LogP contribution in [0, 0.1) is 0 Å². The first kappa shape index (κ1) is 16.2. The molecule has 0 bridgehead atoms. The number of para-hydroxylation sites is 2. The van der Waals surface area contributed by atoms with Crippen LogP contribution in [0.4, 0.5) is 0 Å². The summed E-state index contributed by atoms with van der Waals surface area (Å²) in [5.74, 6) is 1.69. The van der Waals surface area contributed by atoms with Gasteiger partial charge in [0, 0.05) is 5.39 Å². The highest BCUT2D eigenvalue weighted by molar-refractivity contribution is 5.78. The number of fused-ring (bicyclic) bond motifs is 1. The molecule has 1 heterocycles. The number of rotatable bonds is 6. The fraction of sp³-hybridized carbons (Fsp3) is 0.0870. The summed E-state index contributed by atoms with van der Waals surface area (Å²) in [6.07, 6.45) is 0. The molecule has 3 heteroatoms. The molecule has 0 spiro atoms. The van der Waals surface area contributed by atoms with Crippen molar-refractivity contribution >= 4 is 10.9 Å². The molecule has 3 nitrogen and oxygen atoms in total. The zero-order valence-corrected chi connectivity index (χ0v) is 14.3. The number of benzene rings is 3. The standard InChI is InChI=1S/C23H19NO2/c1-2-7-21(8-3-1)25-16-18-10-14-22(15-11-18)26-17-20-13-12-19-6-4-5-9-23(19)24-20/h1-15H,16-17H2. The van der Waals surface area contributed by atoms with Crippen LogP contribution in [-0.4, -0.2) is 4.98 Å². The second-order valence-electron chi connectivity index (χ2n) is 6.03. The largest absolute Gasteiger partial charge is 0.489 e. The lowest BCUT2D eigenvalue weighted by Gasteiger charge is -2.09. The molecule has 0 unspecified atom stereocenters. The highest BCUT2D eigenvalue weighted by Gasteiger charge is 2.01. The quantitative estimate of drug-likeness (QED) is 0.471. The Kier molecular flexibility index (Phi) is 4.79. The average Bonchev–Trinajstić information content (AvgIpc) is 2.72. The molecule has 0 fully saturated rings. The van der Waals surface area contributed by atoms with Crippen LogP contribution < -0.4 is 9.47 Å². The topological polar surface area (TPSA) is 31.4 Å². The number of hydrogen-bond donors (Lipinski definition) is 0. The predicted molar refractivity (Wildman–Crippen MR) is 103 cm³/mol. The van der Waals surface area contributed by atoms with E-state index >= 15 is 0 Å². The molecule has 3 aromatic carbocycles. The van der Waals surface area contributed by atoms with Gasteiger partial charge in [-0.1, -0.05) is 54.6 Å². The maximum absolute atomic E-state index is 5.86.